The second-order valence-electron chi connectivity index (χ2n) is 8.72. The van der Waals surface area contributed by atoms with Crippen LogP contribution in [0.3, 0.4) is 0 Å². The van der Waals surface area contributed by atoms with Crippen LogP contribution in [-0.2, 0) is 21.2 Å². The lowest BCUT2D eigenvalue weighted by Gasteiger charge is -2.28. The third kappa shape index (κ3) is 9.33. The highest BCUT2D eigenvalue weighted by Gasteiger charge is 2.34. The molecule has 212 valence electrons. The Kier molecular flexibility index (Phi) is 10.8. The first-order valence-corrected chi connectivity index (χ1v) is 14.7. The summed E-state index contributed by atoms with van der Waals surface area (Å²) in [6, 6.07) is 19.7. The minimum atomic E-state index is -4.01. The number of para-hydroxylation sites is 1. The molecule has 2 amide bonds. The van der Waals surface area contributed by atoms with Gasteiger partial charge in [0.1, 0.15) is 6.17 Å². The Labute approximate surface area is 253 Å². The Morgan fingerprint density at radius 1 is 0.875 bits per heavy atom. The quantitative estimate of drug-likeness (QED) is 0.102. The molecule has 0 saturated carbocycles. The number of rotatable bonds is 9. The maximum absolute atomic E-state index is 12.8. The van der Waals surface area contributed by atoms with Gasteiger partial charge in [-0.05, 0) is 55.9 Å². The van der Waals surface area contributed by atoms with Crippen molar-refractivity contribution in [1.82, 2.24) is 20.9 Å². The number of hydrogen-bond donors (Lipinski definition) is 5. The highest BCUT2D eigenvalue weighted by molar-refractivity contribution is 7.89. The predicted octanol–water partition coefficient (Wildman–Crippen LogP) is 4.27. The molecule has 0 aliphatic carbocycles. The van der Waals surface area contributed by atoms with Crippen molar-refractivity contribution in [3.8, 4) is 0 Å². The average Bonchev–Trinajstić information content (AvgIpc) is 2.88. The molecule has 0 fully saturated rings. The number of anilines is 1. The number of alkyl halides is 3. The van der Waals surface area contributed by atoms with Gasteiger partial charge in [0.15, 0.2) is 5.11 Å². The minimum absolute atomic E-state index is 0.0163. The van der Waals surface area contributed by atoms with Crippen LogP contribution < -0.4 is 26.2 Å². The summed E-state index contributed by atoms with van der Waals surface area (Å²) in [7, 11) is -4.01. The summed E-state index contributed by atoms with van der Waals surface area (Å²) in [4.78, 5) is 27.5. The average molecular weight is 643 g/mol. The van der Waals surface area contributed by atoms with E-state index in [1.807, 2.05) is 38.1 Å². The fraction of sp³-hybridized carbons (Fsp3) is 0.192. The standard InChI is InChI=1S/C26H26Cl3N5O4S2/c1-16-7-11-18(12-8-16)15-22(35)31-24(26(27,28)29)32-25(39)30-21-6-4-3-5-20(21)23(36)33-34-40(37,38)19-13-9-17(2)10-14-19/h3-14,24,34H,15H2,1-2H3,(H,31,35)(H,33,36)(H2,30,32,39). The zero-order valence-corrected chi connectivity index (χ0v) is 25.2. The second kappa shape index (κ2) is 13.6. The zero-order valence-electron chi connectivity index (χ0n) is 21.3. The lowest BCUT2D eigenvalue weighted by Crippen LogP contribution is -2.56. The Bertz CT molecular complexity index is 1480. The van der Waals surface area contributed by atoms with E-state index in [-0.39, 0.29) is 27.7 Å². The van der Waals surface area contributed by atoms with Gasteiger partial charge in [0.2, 0.25) is 9.70 Å². The zero-order chi connectivity index (χ0) is 29.5. The van der Waals surface area contributed by atoms with Crippen molar-refractivity contribution in [3.63, 3.8) is 0 Å². The molecule has 3 aromatic rings. The van der Waals surface area contributed by atoms with Crippen molar-refractivity contribution in [1.29, 1.82) is 0 Å². The molecule has 0 radical (unpaired) electrons. The normalized spacial score (nSPS) is 12.2. The van der Waals surface area contributed by atoms with Crippen LogP contribution in [0.25, 0.3) is 0 Å². The van der Waals surface area contributed by atoms with Crippen LogP contribution in [0.15, 0.2) is 77.7 Å². The molecular formula is C26H26Cl3N5O4S2. The van der Waals surface area contributed by atoms with E-state index in [2.05, 4.69) is 26.2 Å². The molecule has 0 spiro atoms. The van der Waals surface area contributed by atoms with Crippen LogP contribution in [-0.4, -0.2) is 35.3 Å². The molecule has 0 aliphatic heterocycles. The lowest BCUT2D eigenvalue weighted by molar-refractivity contribution is -0.121. The molecule has 0 heterocycles. The van der Waals surface area contributed by atoms with Gasteiger partial charge in [0.25, 0.3) is 15.9 Å². The van der Waals surface area contributed by atoms with Gasteiger partial charge in [-0.1, -0.05) is 94.5 Å². The van der Waals surface area contributed by atoms with Crippen LogP contribution >= 0.6 is 47.0 Å². The minimum Gasteiger partial charge on any atom is -0.339 e. The highest BCUT2D eigenvalue weighted by Crippen LogP contribution is 2.29. The van der Waals surface area contributed by atoms with E-state index in [1.165, 1.54) is 24.3 Å². The second-order valence-corrected chi connectivity index (χ2v) is 13.2. The first-order valence-electron chi connectivity index (χ1n) is 11.7. The summed E-state index contributed by atoms with van der Waals surface area (Å²) >= 11 is 23.6. The number of sulfonamides is 1. The first-order chi connectivity index (χ1) is 18.7. The van der Waals surface area contributed by atoms with Crippen LogP contribution in [0.5, 0.6) is 0 Å². The van der Waals surface area contributed by atoms with Crippen molar-refractivity contribution >= 4 is 79.7 Å². The highest BCUT2D eigenvalue weighted by atomic mass is 35.6. The SMILES string of the molecule is Cc1ccc(CC(=O)NC(NC(=S)Nc2ccccc2C(=O)NNS(=O)(=O)c2ccc(C)cc2)C(Cl)(Cl)Cl)cc1. The number of aryl methyl sites for hydroxylation is 2. The Hall–Kier alpha value is -2.93. The molecule has 3 rings (SSSR count). The molecule has 14 heteroatoms. The van der Waals surface area contributed by atoms with Crippen LogP contribution in [0, 0.1) is 13.8 Å². The fourth-order valence-corrected chi connectivity index (χ4v) is 4.73. The van der Waals surface area contributed by atoms with Gasteiger partial charge in [-0.3, -0.25) is 15.0 Å². The third-order valence-electron chi connectivity index (χ3n) is 5.44. The number of hydrogen-bond acceptors (Lipinski definition) is 5. The molecule has 9 nitrogen and oxygen atoms in total. The summed E-state index contributed by atoms with van der Waals surface area (Å²) in [5.74, 6) is -1.18. The van der Waals surface area contributed by atoms with E-state index in [1.54, 1.807) is 24.3 Å². The first kappa shape index (κ1) is 31.6. The number of benzene rings is 3. The third-order valence-corrected chi connectivity index (χ3v) is 7.58. The van der Waals surface area contributed by atoms with Gasteiger partial charge in [0.05, 0.1) is 22.6 Å². The molecule has 1 atom stereocenters. The van der Waals surface area contributed by atoms with Crippen LogP contribution in [0.1, 0.15) is 27.0 Å². The molecule has 3 aromatic carbocycles. The maximum Gasteiger partial charge on any atom is 0.268 e. The smallest absolute Gasteiger partial charge is 0.268 e. The van der Waals surface area contributed by atoms with E-state index in [4.69, 9.17) is 47.0 Å². The fourth-order valence-electron chi connectivity index (χ4n) is 3.34. The van der Waals surface area contributed by atoms with E-state index < -0.39 is 31.8 Å². The van der Waals surface area contributed by atoms with Crippen LogP contribution in [0.2, 0.25) is 0 Å². The number of thiocarbonyl (C=S) groups is 1. The Morgan fingerprint density at radius 3 is 2.05 bits per heavy atom. The number of hydrazine groups is 1. The van der Waals surface area contributed by atoms with E-state index in [0.29, 0.717) is 0 Å². The van der Waals surface area contributed by atoms with Crippen molar-refractivity contribution in [2.24, 2.45) is 0 Å². The molecule has 0 bridgehead atoms. The van der Waals surface area contributed by atoms with Crippen LogP contribution in [0.4, 0.5) is 5.69 Å². The summed E-state index contributed by atoms with van der Waals surface area (Å²) < 4.78 is 23.1. The van der Waals surface area contributed by atoms with E-state index in [0.717, 1.165) is 16.7 Å². The number of carbonyl (C=O) groups excluding carboxylic acids is 2. The molecule has 0 saturated heterocycles. The molecule has 1 unspecified atom stereocenters. The van der Waals surface area contributed by atoms with E-state index in [9.17, 15) is 18.0 Å². The molecule has 40 heavy (non-hydrogen) atoms. The van der Waals surface area contributed by atoms with Gasteiger partial charge in [0, 0.05) is 0 Å². The summed E-state index contributed by atoms with van der Waals surface area (Å²) in [5.41, 5.74) is 5.18. The molecule has 0 aliphatic rings. The Morgan fingerprint density at radius 2 is 1.45 bits per heavy atom. The van der Waals surface area contributed by atoms with Gasteiger partial charge >= 0.3 is 0 Å². The number of amides is 2. The monoisotopic (exact) mass is 641 g/mol. The predicted molar refractivity (Wildman–Crippen MR) is 162 cm³/mol. The van der Waals surface area contributed by atoms with Gasteiger partial charge < -0.3 is 16.0 Å². The maximum atomic E-state index is 12.8. The summed E-state index contributed by atoms with van der Waals surface area (Å²) in [6.07, 6.45) is -1.18. The Balaban J connectivity index is 1.65. The molecule has 5 N–H and O–H groups in total. The van der Waals surface area contributed by atoms with Crippen molar-refractivity contribution in [2.45, 2.75) is 35.1 Å². The van der Waals surface area contributed by atoms with Gasteiger partial charge in [-0.2, -0.15) is 0 Å². The lowest BCUT2D eigenvalue weighted by atomic mass is 10.1. The molecular weight excluding hydrogens is 617 g/mol. The number of nitrogens with one attached hydrogen (secondary N) is 5. The summed E-state index contributed by atoms with van der Waals surface area (Å²) in [5, 5.41) is 8.07. The topological polar surface area (TPSA) is 128 Å². The van der Waals surface area contributed by atoms with Gasteiger partial charge in [-0.25, -0.2) is 8.42 Å². The van der Waals surface area contributed by atoms with Crippen molar-refractivity contribution in [3.05, 3.63) is 95.1 Å². The largest absolute Gasteiger partial charge is 0.339 e. The van der Waals surface area contributed by atoms with Gasteiger partial charge in [-0.15, -0.1) is 4.83 Å². The van der Waals surface area contributed by atoms with Crippen molar-refractivity contribution in [2.75, 3.05) is 5.32 Å². The van der Waals surface area contributed by atoms with E-state index >= 15 is 0 Å². The number of carbonyl (C=O) groups is 2. The summed E-state index contributed by atoms with van der Waals surface area (Å²) in [6.45, 7) is 3.76. The number of halogens is 3. The molecule has 0 aromatic heterocycles. The van der Waals surface area contributed by atoms with Crippen molar-refractivity contribution < 1.29 is 18.0 Å².